The molecular weight excluding hydrogens is 200 g/mol. The summed E-state index contributed by atoms with van der Waals surface area (Å²) in [5.41, 5.74) is 0. The van der Waals surface area contributed by atoms with E-state index >= 15 is 0 Å². The van der Waals surface area contributed by atoms with Crippen molar-refractivity contribution >= 4 is 11.6 Å². The lowest BCUT2D eigenvalue weighted by atomic mass is 10.1. The third-order valence-electron chi connectivity index (χ3n) is 2.12. The smallest absolute Gasteiger partial charge is 0.131 e. The first-order valence-corrected chi connectivity index (χ1v) is 5.63. The standard InChI is InChI=1S/C12H20N4/c1-4-6-13-11-8-12(16-9-15-11)14-7-5-10(2)3/h4,8-10H,1,5-7H2,2-3H3,(H2,13,14,15,16). The summed E-state index contributed by atoms with van der Waals surface area (Å²) in [6, 6.07) is 1.91. The molecule has 4 heteroatoms. The highest BCUT2D eigenvalue weighted by Gasteiger charge is 1.98. The molecule has 1 aromatic rings. The maximum Gasteiger partial charge on any atom is 0.131 e. The van der Waals surface area contributed by atoms with E-state index in [0.29, 0.717) is 12.5 Å². The molecule has 0 bridgehead atoms. The third kappa shape index (κ3) is 4.77. The Bertz CT molecular complexity index is 323. The van der Waals surface area contributed by atoms with Crippen LogP contribution < -0.4 is 10.6 Å². The molecule has 0 amide bonds. The molecule has 0 saturated heterocycles. The Morgan fingerprint density at radius 1 is 1.31 bits per heavy atom. The Hall–Kier alpha value is -1.58. The fourth-order valence-electron chi connectivity index (χ4n) is 1.22. The number of aromatic nitrogens is 2. The molecule has 0 unspecified atom stereocenters. The van der Waals surface area contributed by atoms with Crippen LogP contribution in [0.3, 0.4) is 0 Å². The Morgan fingerprint density at radius 3 is 2.62 bits per heavy atom. The minimum Gasteiger partial charge on any atom is -0.370 e. The van der Waals surface area contributed by atoms with E-state index in [1.165, 1.54) is 0 Å². The van der Waals surface area contributed by atoms with Crippen molar-refractivity contribution in [1.29, 1.82) is 0 Å². The fraction of sp³-hybridized carbons (Fsp3) is 0.500. The van der Waals surface area contributed by atoms with E-state index in [-0.39, 0.29) is 0 Å². The lowest BCUT2D eigenvalue weighted by Crippen LogP contribution is -2.07. The topological polar surface area (TPSA) is 49.8 Å². The number of hydrogen-bond donors (Lipinski definition) is 2. The van der Waals surface area contributed by atoms with Crippen LogP contribution >= 0.6 is 0 Å². The highest BCUT2D eigenvalue weighted by molar-refractivity contribution is 5.46. The van der Waals surface area contributed by atoms with Crippen LogP contribution in [0.2, 0.25) is 0 Å². The molecule has 1 aromatic heterocycles. The van der Waals surface area contributed by atoms with Crippen LogP contribution in [-0.2, 0) is 0 Å². The van der Waals surface area contributed by atoms with Crippen molar-refractivity contribution in [3.63, 3.8) is 0 Å². The summed E-state index contributed by atoms with van der Waals surface area (Å²) in [4.78, 5) is 8.27. The first kappa shape index (κ1) is 12.5. The van der Waals surface area contributed by atoms with Gasteiger partial charge in [-0.15, -0.1) is 6.58 Å². The molecule has 0 fully saturated rings. The number of anilines is 2. The van der Waals surface area contributed by atoms with E-state index in [1.807, 2.05) is 6.07 Å². The Morgan fingerprint density at radius 2 is 2.00 bits per heavy atom. The minimum atomic E-state index is 0.702. The summed E-state index contributed by atoms with van der Waals surface area (Å²) in [6.07, 6.45) is 4.50. The molecule has 0 aliphatic carbocycles. The van der Waals surface area contributed by atoms with Gasteiger partial charge in [0.2, 0.25) is 0 Å². The second-order valence-electron chi connectivity index (χ2n) is 4.07. The Kier molecular flexibility index (Phi) is 5.32. The second-order valence-corrected chi connectivity index (χ2v) is 4.07. The van der Waals surface area contributed by atoms with Gasteiger partial charge in [-0.3, -0.25) is 0 Å². The molecule has 0 radical (unpaired) electrons. The molecule has 16 heavy (non-hydrogen) atoms. The van der Waals surface area contributed by atoms with Crippen molar-refractivity contribution in [2.45, 2.75) is 20.3 Å². The van der Waals surface area contributed by atoms with Gasteiger partial charge in [0.1, 0.15) is 18.0 Å². The molecule has 1 rings (SSSR count). The van der Waals surface area contributed by atoms with E-state index in [9.17, 15) is 0 Å². The van der Waals surface area contributed by atoms with Crippen LogP contribution in [0.1, 0.15) is 20.3 Å². The lowest BCUT2D eigenvalue weighted by Gasteiger charge is -2.08. The Labute approximate surface area is 97.2 Å². The van der Waals surface area contributed by atoms with E-state index in [2.05, 4.69) is 41.0 Å². The van der Waals surface area contributed by atoms with Crippen molar-refractivity contribution in [3.8, 4) is 0 Å². The Balaban J connectivity index is 2.43. The summed E-state index contributed by atoms with van der Waals surface area (Å²) in [6.45, 7) is 9.71. The van der Waals surface area contributed by atoms with Gasteiger partial charge >= 0.3 is 0 Å². The van der Waals surface area contributed by atoms with Crippen molar-refractivity contribution in [1.82, 2.24) is 9.97 Å². The largest absolute Gasteiger partial charge is 0.370 e. The van der Waals surface area contributed by atoms with E-state index in [4.69, 9.17) is 0 Å². The third-order valence-corrected chi connectivity index (χ3v) is 2.12. The van der Waals surface area contributed by atoms with Crippen LogP contribution in [-0.4, -0.2) is 23.1 Å². The van der Waals surface area contributed by atoms with Gasteiger partial charge in [0, 0.05) is 19.2 Å². The van der Waals surface area contributed by atoms with Crippen LogP contribution in [0.25, 0.3) is 0 Å². The molecule has 0 aromatic carbocycles. The quantitative estimate of drug-likeness (QED) is 0.693. The van der Waals surface area contributed by atoms with E-state index in [1.54, 1.807) is 12.4 Å². The van der Waals surface area contributed by atoms with Gasteiger partial charge in [-0.25, -0.2) is 9.97 Å². The van der Waals surface area contributed by atoms with Crippen molar-refractivity contribution in [2.24, 2.45) is 5.92 Å². The molecule has 4 nitrogen and oxygen atoms in total. The minimum absolute atomic E-state index is 0.702. The zero-order chi connectivity index (χ0) is 11.8. The van der Waals surface area contributed by atoms with Crippen LogP contribution in [0.15, 0.2) is 25.0 Å². The zero-order valence-corrected chi connectivity index (χ0v) is 10.0. The summed E-state index contributed by atoms with van der Waals surface area (Å²) >= 11 is 0. The highest BCUT2D eigenvalue weighted by Crippen LogP contribution is 2.09. The summed E-state index contributed by atoms with van der Waals surface area (Å²) in [7, 11) is 0. The molecule has 0 spiro atoms. The molecular formula is C12H20N4. The molecule has 0 saturated carbocycles. The van der Waals surface area contributed by atoms with Gasteiger partial charge in [-0.2, -0.15) is 0 Å². The van der Waals surface area contributed by atoms with Gasteiger partial charge in [0.05, 0.1) is 0 Å². The van der Waals surface area contributed by atoms with Crippen LogP contribution in [0.4, 0.5) is 11.6 Å². The summed E-state index contributed by atoms with van der Waals surface area (Å²) < 4.78 is 0. The maximum atomic E-state index is 4.16. The average molecular weight is 220 g/mol. The number of nitrogens with zero attached hydrogens (tertiary/aromatic N) is 2. The summed E-state index contributed by atoms with van der Waals surface area (Å²) in [5, 5.41) is 6.40. The number of nitrogens with one attached hydrogen (secondary N) is 2. The second kappa shape index (κ2) is 6.82. The van der Waals surface area contributed by atoms with Gasteiger partial charge in [-0.1, -0.05) is 19.9 Å². The van der Waals surface area contributed by atoms with Crippen LogP contribution in [0, 0.1) is 5.92 Å². The van der Waals surface area contributed by atoms with E-state index in [0.717, 1.165) is 24.6 Å². The summed E-state index contributed by atoms with van der Waals surface area (Å²) in [5.74, 6) is 2.39. The van der Waals surface area contributed by atoms with Crippen molar-refractivity contribution in [2.75, 3.05) is 23.7 Å². The number of rotatable bonds is 7. The molecule has 88 valence electrons. The predicted octanol–water partition coefficient (Wildman–Crippen LogP) is 2.53. The van der Waals surface area contributed by atoms with Crippen LogP contribution in [0.5, 0.6) is 0 Å². The number of hydrogen-bond acceptors (Lipinski definition) is 4. The average Bonchev–Trinajstić information content (AvgIpc) is 2.26. The highest BCUT2D eigenvalue weighted by atomic mass is 15.1. The zero-order valence-electron chi connectivity index (χ0n) is 10.0. The molecule has 2 N–H and O–H groups in total. The SMILES string of the molecule is C=CCNc1cc(NCCC(C)C)ncn1. The predicted molar refractivity (Wildman–Crippen MR) is 68.7 cm³/mol. The monoisotopic (exact) mass is 220 g/mol. The fourth-order valence-corrected chi connectivity index (χ4v) is 1.22. The van der Waals surface area contributed by atoms with Gasteiger partial charge in [-0.05, 0) is 12.3 Å². The lowest BCUT2D eigenvalue weighted by molar-refractivity contribution is 0.606. The first-order valence-electron chi connectivity index (χ1n) is 5.63. The molecule has 0 aliphatic heterocycles. The molecule has 0 atom stereocenters. The first-order chi connectivity index (χ1) is 7.72. The molecule has 0 aliphatic rings. The van der Waals surface area contributed by atoms with Gasteiger partial charge in [0.25, 0.3) is 0 Å². The maximum absolute atomic E-state index is 4.16. The van der Waals surface area contributed by atoms with Crippen molar-refractivity contribution < 1.29 is 0 Å². The van der Waals surface area contributed by atoms with Gasteiger partial charge in [0.15, 0.2) is 0 Å². The van der Waals surface area contributed by atoms with E-state index < -0.39 is 0 Å². The normalized spacial score (nSPS) is 10.2. The van der Waals surface area contributed by atoms with Crippen molar-refractivity contribution in [3.05, 3.63) is 25.0 Å². The van der Waals surface area contributed by atoms with Gasteiger partial charge < -0.3 is 10.6 Å². The molecule has 1 heterocycles.